The third-order valence-corrected chi connectivity index (χ3v) is 2.89. The first-order chi connectivity index (χ1) is 8.66. The van der Waals surface area contributed by atoms with Crippen LogP contribution in [0.3, 0.4) is 0 Å². The maximum atomic E-state index is 13.2. The van der Waals surface area contributed by atoms with Gasteiger partial charge in [-0.2, -0.15) is 0 Å². The standard InChI is InChI=1S/C13H10FN3O/c1-17-6-10(8-3-2-4-9(14)5-8)11-12(17)13(18)16-7-15-11/h2-7H,1H3,(H,15,16,18). The van der Waals surface area contributed by atoms with Crippen molar-refractivity contribution in [1.82, 2.24) is 14.5 Å². The van der Waals surface area contributed by atoms with Gasteiger partial charge in [0.2, 0.25) is 0 Å². The summed E-state index contributed by atoms with van der Waals surface area (Å²) < 4.78 is 14.9. The molecule has 3 aromatic rings. The van der Waals surface area contributed by atoms with Crippen molar-refractivity contribution in [3.8, 4) is 11.1 Å². The molecule has 0 bridgehead atoms. The highest BCUT2D eigenvalue weighted by Gasteiger charge is 2.12. The van der Waals surface area contributed by atoms with Crippen molar-refractivity contribution in [3.05, 3.63) is 53.0 Å². The molecule has 2 heterocycles. The minimum absolute atomic E-state index is 0.204. The molecule has 1 N–H and O–H groups in total. The summed E-state index contributed by atoms with van der Waals surface area (Å²) in [6.07, 6.45) is 3.13. The van der Waals surface area contributed by atoms with Crippen molar-refractivity contribution >= 4 is 11.0 Å². The fourth-order valence-electron chi connectivity index (χ4n) is 2.10. The van der Waals surface area contributed by atoms with E-state index in [0.29, 0.717) is 16.6 Å². The third kappa shape index (κ3) is 1.52. The summed E-state index contributed by atoms with van der Waals surface area (Å²) in [6.45, 7) is 0. The fourth-order valence-corrected chi connectivity index (χ4v) is 2.10. The first kappa shape index (κ1) is 10.7. The van der Waals surface area contributed by atoms with Gasteiger partial charge >= 0.3 is 0 Å². The van der Waals surface area contributed by atoms with Crippen LogP contribution in [0.2, 0.25) is 0 Å². The molecule has 1 aromatic carbocycles. The van der Waals surface area contributed by atoms with E-state index in [0.717, 1.165) is 5.56 Å². The van der Waals surface area contributed by atoms with E-state index >= 15 is 0 Å². The number of halogens is 1. The summed E-state index contributed by atoms with van der Waals surface area (Å²) in [5, 5.41) is 0. The van der Waals surface area contributed by atoms with E-state index < -0.39 is 0 Å². The van der Waals surface area contributed by atoms with Gasteiger partial charge < -0.3 is 9.55 Å². The van der Waals surface area contributed by atoms with Crippen LogP contribution in [0, 0.1) is 5.82 Å². The Morgan fingerprint density at radius 2 is 2.22 bits per heavy atom. The zero-order valence-electron chi connectivity index (χ0n) is 9.64. The van der Waals surface area contributed by atoms with Crippen molar-refractivity contribution in [3.63, 3.8) is 0 Å². The molecule has 0 aliphatic heterocycles. The van der Waals surface area contributed by atoms with Gasteiger partial charge in [-0.3, -0.25) is 4.79 Å². The molecule has 5 heteroatoms. The molecule has 3 rings (SSSR count). The van der Waals surface area contributed by atoms with Crippen LogP contribution in [-0.2, 0) is 7.05 Å². The molecule has 2 aromatic heterocycles. The maximum Gasteiger partial charge on any atom is 0.275 e. The largest absolute Gasteiger partial charge is 0.344 e. The highest BCUT2D eigenvalue weighted by molar-refractivity contribution is 5.92. The lowest BCUT2D eigenvalue weighted by Gasteiger charge is -1.98. The predicted molar refractivity (Wildman–Crippen MR) is 66.7 cm³/mol. The number of benzene rings is 1. The van der Waals surface area contributed by atoms with Crippen LogP contribution >= 0.6 is 0 Å². The summed E-state index contributed by atoms with van der Waals surface area (Å²) in [5.74, 6) is -0.311. The number of nitrogens with zero attached hydrogens (tertiary/aromatic N) is 2. The smallest absolute Gasteiger partial charge is 0.275 e. The van der Waals surface area contributed by atoms with Crippen LogP contribution in [0.25, 0.3) is 22.2 Å². The second kappa shape index (κ2) is 3.80. The summed E-state index contributed by atoms with van der Waals surface area (Å²) >= 11 is 0. The van der Waals surface area contributed by atoms with Crippen LogP contribution in [-0.4, -0.2) is 14.5 Å². The van der Waals surface area contributed by atoms with E-state index in [-0.39, 0.29) is 11.4 Å². The molecule has 0 unspecified atom stereocenters. The van der Waals surface area contributed by atoms with Crippen LogP contribution in [0.5, 0.6) is 0 Å². The molecule has 4 nitrogen and oxygen atoms in total. The summed E-state index contributed by atoms with van der Waals surface area (Å²) in [6, 6.07) is 6.24. The van der Waals surface area contributed by atoms with Gasteiger partial charge in [0.25, 0.3) is 5.56 Å². The molecule has 0 fully saturated rings. The van der Waals surface area contributed by atoms with E-state index in [1.807, 2.05) is 0 Å². The van der Waals surface area contributed by atoms with Gasteiger partial charge in [0.05, 0.1) is 6.33 Å². The third-order valence-electron chi connectivity index (χ3n) is 2.89. The molecule has 0 amide bonds. The summed E-state index contributed by atoms with van der Waals surface area (Å²) in [4.78, 5) is 18.4. The number of aryl methyl sites for hydroxylation is 1. The van der Waals surface area contributed by atoms with Gasteiger partial charge in [0.1, 0.15) is 16.9 Å². The van der Waals surface area contributed by atoms with E-state index in [1.54, 1.807) is 29.9 Å². The molecule has 18 heavy (non-hydrogen) atoms. The lowest BCUT2D eigenvalue weighted by molar-refractivity contribution is 0.628. The van der Waals surface area contributed by atoms with E-state index in [2.05, 4.69) is 9.97 Å². The average molecular weight is 243 g/mol. The second-order valence-corrected chi connectivity index (χ2v) is 4.09. The fraction of sp³-hybridized carbons (Fsp3) is 0.0769. The first-order valence-electron chi connectivity index (χ1n) is 5.45. The number of rotatable bonds is 1. The molecule has 0 aliphatic rings. The van der Waals surface area contributed by atoms with Crippen molar-refractivity contribution in [2.24, 2.45) is 7.05 Å². The van der Waals surface area contributed by atoms with Crippen LogP contribution < -0.4 is 5.56 Å². The van der Waals surface area contributed by atoms with E-state index in [1.165, 1.54) is 18.5 Å². The molecule has 0 saturated carbocycles. The number of nitrogens with one attached hydrogen (secondary N) is 1. The topological polar surface area (TPSA) is 50.7 Å². The zero-order chi connectivity index (χ0) is 12.7. The van der Waals surface area contributed by atoms with Crippen LogP contribution in [0.1, 0.15) is 0 Å². The molecule has 0 aliphatic carbocycles. The maximum absolute atomic E-state index is 13.2. The average Bonchev–Trinajstić information content (AvgIpc) is 2.68. The van der Waals surface area contributed by atoms with Crippen LogP contribution in [0.15, 0.2) is 41.6 Å². The van der Waals surface area contributed by atoms with Crippen molar-refractivity contribution < 1.29 is 4.39 Å². The lowest BCUT2D eigenvalue weighted by atomic mass is 10.1. The number of aromatic nitrogens is 3. The van der Waals surface area contributed by atoms with Crippen molar-refractivity contribution in [2.75, 3.05) is 0 Å². The van der Waals surface area contributed by atoms with Gasteiger partial charge in [-0.25, -0.2) is 9.37 Å². The number of H-pyrrole nitrogens is 1. The number of hydrogen-bond donors (Lipinski definition) is 1. The molecule has 90 valence electrons. The Bertz CT molecular complexity index is 788. The van der Waals surface area contributed by atoms with Crippen molar-refractivity contribution in [1.29, 1.82) is 0 Å². The molecule has 0 radical (unpaired) electrons. The monoisotopic (exact) mass is 243 g/mol. The zero-order valence-corrected chi connectivity index (χ0v) is 9.64. The predicted octanol–water partition coefficient (Wildman–Crippen LogP) is 2.07. The Morgan fingerprint density at radius 3 is 3.00 bits per heavy atom. The summed E-state index contributed by atoms with van der Waals surface area (Å²) in [5.41, 5.74) is 2.31. The highest BCUT2D eigenvalue weighted by atomic mass is 19.1. The lowest BCUT2D eigenvalue weighted by Crippen LogP contribution is -2.08. The Kier molecular flexibility index (Phi) is 2.26. The second-order valence-electron chi connectivity index (χ2n) is 4.09. The van der Waals surface area contributed by atoms with Gasteiger partial charge in [0.15, 0.2) is 0 Å². The Hall–Kier alpha value is -2.43. The van der Waals surface area contributed by atoms with Crippen LogP contribution in [0.4, 0.5) is 4.39 Å². The molecule has 0 saturated heterocycles. The normalized spacial score (nSPS) is 11.0. The number of aromatic amines is 1. The molecule has 0 atom stereocenters. The van der Waals surface area contributed by atoms with E-state index in [9.17, 15) is 9.18 Å². The minimum atomic E-state index is -0.311. The van der Waals surface area contributed by atoms with Gasteiger partial charge in [-0.1, -0.05) is 12.1 Å². The van der Waals surface area contributed by atoms with Gasteiger partial charge in [-0.15, -0.1) is 0 Å². The number of fused-ring (bicyclic) bond motifs is 1. The Morgan fingerprint density at radius 1 is 1.39 bits per heavy atom. The van der Waals surface area contributed by atoms with E-state index in [4.69, 9.17) is 0 Å². The van der Waals surface area contributed by atoms with Crippen molar-refractivity contribution in [2.45, 2.75) is 0 Å². The minimum Gasteiger partial charge on any atom is -0.344 e. The summed E-state index contributed by atoms with van der Waals surface area (Å²) in [7, 11) is 1.77. The molecular formula is C13H10FN3O. The number of hydrogen-bond acceptors (Lipinski definition) is 2. The Balaban J connectivity index is 2.38. The van der Waals surface area contributed by atoms with Gasteiger partial charge in [-0.05, 0) is 17.7 Å². The quantitative estimate of drug-likeness (QED) is 0.711. The molecular weight excluding hydrogens is 233 g/mol. The first-order valence-corrected chi connectivity index (χ1v) is 5.45. The molecule has 0 spiro atoms. The SMILES string of the molecule is Cn1cc(-c2cccc(F)c2)c2nc[nH]c(=O)c21. The van der Waals surface area contributed by atoms with Gasteiger partial charge in [0, 0.05) is 18.8 Å². The highest BCUT2D eigenvalue weighted by Crippen LogP contribution is 2.27. The Labute approximate surface area is 102 Å².